The lowest BCUT2D eigenvalue weighted by Crippen LogP contribution is -2.34. The summed E-state index contributed by atoms with van der Waals surface area (Å²) in [4.78, 5) is 0. The molecule has 1 aliphatic rings. The molecular weight excluding hydrogens is 194 g/mol. The predicted molar refractivity (Wildman–Crippen MR) is 63.9 cm³/mol. The third kappa shape index (κ3) is 3.78. The van der Waals surface area contributed by atoms with Gasteiger partial charge >= 0.3 is 0 Å². The van der Waals surface area contributed by atoms with E-state index in [1.807, 2.05) is 0 Å². The third-order valence-corrected chi connectivity index (χ3v) is 3.91. The molecule has 1 N–H and O–H groups in total. The standard InChI is InChI=1S/C12H24ClN/c1-11(2)5-8-14-10-12(9-13)6-3-4-7-12/h11,14H,3-10H2,1-2H3. The summed E-state index contributed by atoms with van der Waals surface area (Å²) in [5.74, 6) is 1.64. The minimum atomic E-state index is 0.429. The average molecular weight is 218 g/mol. The van der Waals surface area contributed by atoms with Crippen LogP contribution in [0.2, 0.25) is 0 Å². The first-order chi connectivity index (χ1) is 6.68. The van der Waals surface area contributed by atoms with Gasteiger partial charge in [-0.15, -0.1) is 11.6 Å². The zero-order valence-corrected chi connectivity index (χ0v) is 10.4. The lowest BCUT2D eigenvalue weighted by molar-refractivity contribution is 0.317. The van der Waals surface area contributed by atoms with Crippen molar-refractivity contribution in [3.05, 3.63) is 0 Å². The molecular formula is C12H24ClN. The smallest absolute Gasteiger partial charge is 0.0292 e. The van der Waals surface area contributed by atoms with Crippen LogP contribution in [0.3, 0.4) is 0 Å². The molecule has 0 aromatic heterocycles. The highest BCUT2D eigenvalue weighted by atomic mass is 35.5. The van der Waals surface area contributed by atoms with E-state index in [0.717, 1.165) is 24.9 Å². The van der Waals surface area contributed by atoms with Gasteiger partial charge in [0.15, 0.2) is 0 Å². The molecule has 2 heteroatoms. The summed E-state index contributed by atoms with van der Waals surface area (Å²) in [5.41, 5.74) is 0.429. The highest BCUT2D eigenvalue weighted by Crippen LogP contribution is 2.38. The van der Waals surface area contributed by atoms with Gasteiger partial charge < -0.3 is 5.32 Å². The Bertz CT molecular complexity index is 150. The molecule has 1 saturated carbocycles. The average Bonchev–Trinajstić information content (AvgIpc) is 2.62. The van der Waals surface area contributed by atoms with Gasteiger partial charge in [0.25, 0.3) is 0 Å². The van der Waals surface area contributed by atoms with Crippen LogP contribution in [0.5, 0.6) is 0 Å². The van der Waals surface area contributed by atoms with E-state index in [-0.39, 0.29) is 0 Å². The molecule has 84 valence electrons. The fourth-order valence-corrected chi connectivity index (χ4v) is 2.59. The molecule has 0 saturated heterocycles. The zero-order valence-electron chi connectivity index (χ0n) is 9.61. The summed E-state index contributed by atoms with van der Waals surface area (Å²) in [6, 6.07) is 0. The van der Waals surface area contributed by atoms with Crippen LogP contribution in [-0.2, 0) is 0 Å². The van der Waals surface area contributed by atoms with Crippen molar-refractivity contribution in [1.29, 1.82) is 0 Å². The van der Waals surface area contributed by atoms with Crippen molar-refractivity contribution in [2.75, 3.05) is 19.0 Å². The normalized spacial score (nSPS) is 20.6. The van der Waals surface area contributed by atoms with E-state index < -0.39 is 0 Å². The van der Waals surface area contributed by atoms with Gasteiger partial charge in [-0.2, -0.15) is 0 Å². The summed E-state index contributed by atoms with van der Waals surface area (Å²) in [5, 5.41) is 3.57. The van der Waals surface area contributed by atoms with Crippen LogP contribution in [0.1, 0.15) is 46.0 Å². The molecule has 1 rings (SSSR count). The van der Waals surface area contributed by atoms with Crippen LogP contribution in [0, 0.1) is 11.3 Å². The van der Waals surface area contributed by atoms with Crippen LogP contribution in [0.4, 0.5) is 0 Å². The van der Waals surface area contributed by atoms with Gasteiger partial charge in [-0.3, -0.25) is 0 Å². The zero-order chi connectivity index (χ0) is 10.4. The maximum Gasteiger partial charge on any atom is 0.0292 e. The van der Waals surface area contributed by atoms with Crippen LogP contribution in [0.15, 0.2) is 0 Å². The molecule has 1 fully saturated rings. The lowest BCUT2D eigenvalue weighted by Gasteiger charge is -2.26. The Morgan fingerprint density at radius 3 is 2.43 bits per heavy atom. The molecule has 0 unspecified atom stereocenters. The van der Waals surface area contributed by atoms with Crippen LogP contribution < -0.4 is 5.32 Å². The second-order valence-electron chi connectivity index (χ2n) is 5.20. The fraction of sp³-hybridized carbons (Fsp3) is 1.00. The largest absolute Gasteiger partial charge is 0.316 e. The third-order valence-electron chi connectivity index (χ3n) is 3.35. The number of hydrogen-bond acceptors (Lipinski definition) is 1. The first-order valence-electron chi connectivity index (χ1n) is 5.95. The Labute approximate surface area is 93.6 Å². The van der Waals surface area contributed by atoms with Crippen LogP contribution >= 0.6 is 11.6 Å². The topological polar surface area (TPSA) is 12.0 Å². The summed E-state index contributed by atoms with van der Waals surface area (Å²) in [6.07, 6.45) is 6.67. The summed E-state index contributed by atoms with van der Waals surface area (Å²) < 4.78 is 0. The van der Waals surface area contributed by atoms with Gasteiger partial charge in [-0.05, 0) is 37.1 Å². The molecule has 0 aromatic carbocycles. The Morgan fingerprint density at radius 2 is 1.93 bits per heavy atom. The van der Waals surface area contributed by atoms with Gasteiger partial charge in [-0.25, -0.2) is 0 Å². The van der Waals surface area contributed by atoms with Gasteiger partial charge in [-0.1, -0.05) is 26.7 Å². The van der Waals surface area contributed by atoms with E-state index in [9.17, 15) is 0 Å². The minimum Gasteiger partial charge on any atom is -0.316 e. The Morgan fingerprint density at radius 1 is 1.29 bits per heavy atom. The first-order valence-corrected chi connectivity index (χ1v) is 6.49. The predicted octanol–water partition coefficient (Wildman–Crippen LogP) is 3.42. The second-order valence-corrected chi connectivity index (χ2v) is 5.47. The number of nitrogens with one attached hydrogen (secondary N) is 1. The summed E-state index contributed by atoms with van der Waals surface area (Å²) >= 11 is 6.07. The number of rotatable bonds is 6. The van der Waals surface area contributed by atoms with Gasteiger partial charge in [0.2, 0.25) is 0 Å². The van der Waals surface area contributed by atoms with Gasteiger partial charge in [0, 0.05) is 12.4 Å². The summed E-state index contributed by atoms with van der Waals surface area (Å²) in [7, 11) is 0. The fourth-order valence-electron chi connectivity index (χ4n) is 2.23. The first kappa shape index (κ1) is 12.3. The van der Waals surface area contributed by atoms with E-state index >= 15 is 0 Å². The molecule has 0 bridgehead atoms. The van der Waals surface area contributed by atoms with E-state index in [2.05, 4.69) is 19.2 Å². The highest BCUT2D eigenvalue weighted by Gasteiger charge is 2.32. The molecule has 0 aliphatic heterocycles. The van der Waals surface area contributed by atoms with E-state index in [1.54, 1.807) is 0 Å². The maximum atomic E-state index is 6.07. The minimum absolute atomic E-state index is 0.429. The Hall–Kier alpha value is 0.250. The molecule has 0 atom stereocenters. The molecule has 1 nitrogen and oxygen atoms in total. The number of alkyl halides is 1. The van der Waals surface area contributed by atoms with Crippen molar-refractivity contribution in [1.82, 2.24) is 5.32 Å². The Balaban J connectivity index is 2.15. The van der Waals surface area contributed by atoms with Gasteiger partial charge in [0.1, 0.15) is 0 Å². The van der Waals surface area contributed by atoms with Crippen LogP contribution in [0.25, 0.3) is 0 Å². The maximum absolute atomic E-state index is 6.07. The van der Waals surface area contributed by atoms with Crippen molar-refractivity contribution >= 4 is 11.6 Å². The highest BCUT2D eigenvalue weighted by molar-refractivity contribution is 6.18. The lowest BCUT2D eigenvalue weighted by atomic mass is 9.88. The van der Waals surface area contributed by atoms with E-state index in [0.29, 0.717) is 5.41 Å². The summed E-state index contributed by atoms with van der Waals surface area (Å²) in [6.45, 7) is 6.82. The van der Waals surface area contributed by atoms with Crippen molar-refractivity contribution < 1.29 is 0 Å². The molecule has 0 radical (unpaired) electrons. The van der Waals surface area contributed by atoms with Crippen molar-refractivity contribution in [3.63, 3.8) is 0 Å². The monoisotopic (exact) mass is 217 g/mol. The molecule has 14 heavy (non-hydrogen) atoms. The molecule has 0 heterocycles. The van der Waals surface area contributed by atoms with E-state index in [4.69, 9.17) is 11.6 Å². The molecule has 0 aromatic rings. The van der Waals surface area contributed by atoms with Gasteiger partial charge in [0.05, 0.1) is 0 Å². The van der Waals surface area contributed by atoms with E-state index in [1.165, 1.54) is 32.1 Å². The second kappa shape index (κ2) is 5.97. The SMILES string of the molecule is CC(C)CCNCC1(CCl)CCCC1. The van der Waals surface area contributed by atoms with Crippen molar-refractivity contribution in [2.24, 2.45) is 11.3 Å². The molecule has 1 aliphatic carbocycles. The van der Waals surface area contributed by atoms with Crippen LogP contribution in [-0.4, -0.2) is 19.0 Å². The quantitative estimate of drug-likeness (QED) is 0.531. The Kier molecular flexibility index (Phi) is 5.25. The number of hydrogen-bond donors (Lipinski definition) is 1. The number of halogens is 1. The van der Waals surface area contributed by atoms with Crippen molar-refractivity contribution in [3.8, 4) is 0 Å². The molecule has 0 amide bonds. The molecule has 0 spiro atoms. The van der Waals surface area contributed by atoms with Crippen molar-refractivity contribution in [2.45, 2.75) is 46.0 Å².